The van der Waals surface area contributed by atoms with Gasteiger partial charge in [0.25, 0.3) is 0 Å². The lowest BCUT2D eigenvalue weighted by atomic mass is 10.1. The van der Waals surface area contributed by atoms with Crippen LogP contribution in [0.2, 0.25) is 0 Å². The number of para-hydroxylation sites is 1. The van der Waals surface area contributed by atoms with Crippen molar-refractivity contribution in [3.63, 3.8) is 0 Å². The van der Waals surface area contributed by atoms with Gasteiger partial charge in [-0.1, -0.05) is 29.4 Å². The van der Waals surface area contributed by atoms with E-state index in [0.29, 0.717) is 0 Å². The average Bonchev–Trinajstić information content (AvgIpc) is 3.05. The molecule has 0 saturated carbocycles. The molecular formula is C14H9N3O. The van der Waals surface area contributed by atoms with Crippen molar-refractivity contribution in [1.29, 1.82) is 0 Å². The molecule has 0 saturated heterocycles. The van der Waals surface area contributed by atoms with Gasteiger partial charge in [-0.15, -0.1) is 0 Å². The maximum absolute atomic E-state index is 5.47. The van der Waals surface area contributed by atoms with E-state index in [-0.39, 0.29) is 0 Å². The van der Waals surface area contributed by atoms with Crippen molar-refractivity contribution in [1.82, 2.24) is 15.4 Å². The first-order valence-corrected chi connectivity index (χ1v) is 5.71. The Balaban J connectivity index is 2.10. The van der Waals surface area contributed by atoms with Gasteiger partial charge in [-0.3, -0.25) is 5.10 Å². The molecule has 1 N–H and O–H groups in total. The number of fused-ring (bicyclic) bond motifs is 2. The Labute approximate surface area is 102 Å². The first-order valence-electron chi connectivity index (χ1n) is 5.71. The van der Waals surface area contributed by atoms with Crippen LogP contribution in [0, 0.1) is 0 Å². The maximum Gasteiger partial charge on any atom is 0.176 e. The van der Waals surface area contributed by atoms with Crippen LogP contribution in [0.25, 0.3) is 33.1 Å². The van der Waals surface area contributed by atoms with E-state index in [4.69, 9.17) is 4.52 Å². The average molecular weight is 235 g/mol. The van der Waals surface area contributed by atoms with Crippen molar-refractivity contribution in [3.05, 3.63) is 48.7 Å². The van der Waals surface area contributed by atoms with E-state index in [0.717, 1.165) is 33.1 Å². The molecule has 86 valence electrons. The highest BCUT2D eigenvalue weighted by atomic mass is 16.5. The molecular weight excluding hydrogens is 226 g/mol. The molecule has 2 aromatic heterocycles. The zero-order valence-corrected chi connectivity index (χ0v) is 9.42. The molecule has 0 fully saturated rings. The Morgan fingerprint density at radius 1 is 1.00 bits per heavy atom. The van der Waals surface area contributed by atoms with Gasteiger partial charge in [0.2, 0.25) is 0 Å². The number of H-pyrrole nitrogens is 1. The van der Waals surface area contributed by atoms with Gasteiger partial charge < -0.3 is 4.52 Å². The van der Waals surface area contributed by atoms with Gasteiger partial charge in [0, 0.05) is 22.5 Å². The maximum atomic E-state index is 5.47. The first kappa shape index (κ1) is 9.41. The second-order valence-electron chi connectivity index (χ2n) is 4.16. The van der Waals surface area contributed by atoms with Crippen LogP contribution >= 0.6 is 0 Å². The summed E-state index contributed by atoms with van der Waals surface area (Å²) in [5.74, 6) is 0.767. The zero-order chi connectivity index (χ0) is 11.9. The van der Waals surface area contributed by atoms with E-state index in [2.05, 4.69) is 15.4 Å². The lowest BCUT2D eigenvalue weighted by molar-refractivity contribution is 0.441. The van der Waals surface area contributed by atoms with Gasteiger partial charge in [0.15, 0.2) is 5.76 Å². The predicted octanol–water partition coefficient (Wildman–Crippen LogP) is 3.37. The quantitative estimate of drug-likeness (QED) is 0.550. The first-order chi connectivity index (χ1) is 8.93. The predicted molar refractivity (Wildman–Crippen MR) is 69.1 cm³/mol. The highest BCUT2D eigenvalue weighted by Crippen LogP contribution is 2.32. The van der Waals surface area contributed by atoms with E-state index in [1.54, 1.807) is 0 Å². The molecule has 0 atom stereocenters. The van der Waals surface area contributed by atoms with Crippen molar-refractivity contribution in [3.8, 4) is 11.3 Å². The molecule has 2 heterocycles. The molecule has 4 aromatic rings. The lowest BCUT2D eigenvalue weighted by Gasteiger charge is -1.97. The molecule has 0 amide bonds. The highest BCUT2D eigenvalue weighted by Gasteiger charge is 2.13. The standard InChI is InChI=1S/C14H9N3O/c1-2-7-12-10(5-1)14(18-17-12)11-6-3-4-9-8-15-16-13(9)11/h1-8H,(H,15,16). The fraction of sp³-hybridized carbons (Fsp3) is 0. The minimum Gasteiger partial charge on any atom is -0.355 e. The second-order valence-corrected chi connectivity index (χ2v) is 4.16. The van der Waals surface area contributed by atoms with Gasteiger partial charge in [-0.25, -0.2) is 0 Å². The Hall–Kier alpha value is -2.62. The Kier molecular flexibility index (Phi) is 1.80. The number of nitrogens with one attached hydrogen (secondary N) is 1. The van der Waals surface area contributed by atoms with Gasteiger partial charge in [-0.05, 0) is 18.2 Å². The number of rotatable bonds is 1. The van der Waals surface area contributed by atoms with Crippen molar-refractivity contribution >= 4 is 21.8 Å². The summed E-state index contributed by atoms with van der Waals surface area (Å²) in [6.07, 6.45) is 1.87. The van der Waals surface area contributed by atoms with Crippen LogP contribution in [0.15, 0.2) is 53.2 Å². The molecule has 0 aliphatic rings. The second kappa shape index (κ2) is 3.43. The number of aromatic amines is 1. The number of nitrogens with zero attached hydrogens (tertiary/aromatic N) is 2. The van der Waals surface area contributed by atoms with E-state index < -0.39 is 0 Å². The van der Waals surface area contributed by atoms with Crippen LogP contribution in [-0.4, -0.2) is 15.4 Å². The molecule has 0 radical (unpaired) electrons. The van der Waals surface area contributed by atoms with Crippen LogP contribution in [0.5, 0.6) is 0 Å². The Morgan fingerprint density at radius 3 is 2.94 bits per heavy atom. The van der Waals surface area contributed by atoms with Crippen LogP contribution in [-0.2, 0) is 0 Å². The molecule has 0 aliphatic carbocycles. The molecule has 4 rings (SSSR count). The Morgan fingerprint density at radius 2 is 1.94 bits per heavy atom. The fourth-order valence-corrected chi connectivity index (χ4v) is 2.24. The number of hydrogen-bond donors (Lipinski definition) is 1. The minimum absolute atomic E-state index is 0.767. The summed E-state index contributed by atoms with van der Waals surface area (Å²) in [5.41, 5.74) is 2.72. The van der Waals surface area contributed by atoms with Crippen LogP contribution in [0.3, 0.4) is 0 Å². The lowest BCUT2D eigenvalue weighted by Crippen LogP contribution is -1.78. The third kappa shape index (κ3) is 1.20. The summed E-state index contributed by atoms with van der Waals surface area (Å²) in [4.78, 5) is 0. The topological polar surface area (TPSA) is 54.7 Å². The van der Waals surface area contributed by atoms with Crippen molar-refractivity contribution in [2.75, 3.05) is 0 Å². The fourth-order valence-electron chi connectivity index (χ4n) is 2.24. The van der Waals surface area contributed by atoms with Crippen molar-refractivity contribution < 1.29 is 4.52 Å². The summed E-state index contributed by atoms with van der Waals surface area (Å²) in [7, 11) is 0. The number of benzene rings is 2. The monoisotopic (exact) mass is 235 g/mol. The molecule has 4 heteroatoms. The molecule has 0 unspecified atom stereocenters. The largest absolute Gasteiger partial charge is 0.355 e. The zero-order valence-electron chi connectivity index (χ0n) is 9.42. The minimum atomic E-state index is 0.767. The summed E-state index contributed by atoms with van der Waals surface area (Å²) >= 11 is 0. The smallest absolute Gasteiger partial charge is 0.176 e. The molecule has 0 spiro atoms. The molecule has 0 bridgehead atoms. The summed E-state index contributed by atoms with van der Waals surface area (Å²) < 4.78 is 5.47. The van der Waals surface area contributed by atoms with Crippen LogP contribution in [0.4, 0.5) is 0 Å². The SMILES string of the molecule is c1cc(-c2onc3ccccc23)c2n[nH]cc2c1. The normalized spacial score (nSPS) is 11.3. The number of hydrogen-bond acceptors (Lipinski definition) is 3. The van der Waals surface area contributed by atoms with Crippen LogP contribution in [0.1, 0.15) is 0 Å². The summed E-state index contributed by atoms with van der Waals surface area (Å²) in [6, 6.07) is 13.9. The van der Waals surface area contributed by atoms with E-state index in [9.17, 15) is 0 Å². The molecule has 4 nitrogen and oxygen atoms in total. The third-order valence-corrected chi connectivity index (χ3v) is 3.09. The van der Waals surface area contributed by atoms with Gasteiger partial charge in [-0.2, -0.15) is 5.10 Å². The van der Waals surface area contributed by atoms with Crippen LogP contribution < -0.4 is 0 Å². The van der Waals surface area contributed by atoms with E-state index in [1.807, 2.05) is 48.7 Å². The molecule has 0 aliphatic heterocycles. The summed E-state index contributed by atoms with van der Waals surface area (Å²) in [5, 5.41) is 13.3. The summed E-state index contributed by atoms with van der Waals surface area (Å²) in [6.45, 7) is 0. The molecule has 18 heavy (non-hydrogen) atoms. The van der Waals surface area contributed by atoms with Gasteiger partial charge in [0.05, 0.1) is 0 Å². The highest BCUT2D eigenvalue weighted by molar-refractivity contribution is 6.00. The van der Waals surface area contributed by atoms with Crippen molar-refractivity contribution in [2.24, 2.45) is 0 Å². The van der Waals surface area contributed by atoms with E-state index >= 15 is 0 Å². The Bertz CT molecular complexity index is 844. The van der Waals surface area contributed by atoms with E-state index in [1.165, 1.54) is 0 Å². The van der Waals surface area contributed by atoms with Crippen molar-refractivity contribution in [2.45, 2.75) is 0 Å². The number of aromatic nitrogens is 3. The third-order valence-electron chi connectivity index (χ3n) is 3.09. The molecule has 2 aromatic carbocycles. The van der Waals surface area contributed by atoms with Gasteiger partial charge in [0.1, 0.15) is 11.0 Å². The van der Waals surface area contributed by atoms with Gasteiger partial charge >= 0.3 is 0 Å².